The molecule has 0 spiro atoms. The number of aryl methyl sites for hydroxylation is 1. The highest BCUT2D eigenvalue weighted by molar-refractivity contribution is 8.00. The molecule has 138 valence electrons. The number of hydrazine groups is 1. The van der Waals surface area contributed by atoms with E-state index in [1.165, 1.54) is 11.8 Å². The summed E-state index contributed by atoms with van der Waals surface area (Å²) in [5.74, 6) is -0.953. The number of benzene rings is 2. The minimum Gasteiger partial charge on any atom is -0.272 e. The second-order valence-electron chi connectivity index (χ2n) is 5.96. The number of amides is 2. The predicted molar refractivity (Wildman–Crippen MR) is 104 cm³/mol. The third-order valence-corrected chi connectivity index (χ3v) is 5.03. The molecule has 27 heavy (non-hydrogen) atoms. The first kappa shape index (κ1) is 18.7. The molecule has 1 atom stereocenters. The molecule has 2 aromatic carbocycles. The number of carbonyl (C=O) groups is 2. The molecule has 3 N–H and O–H groups in total. The average Bonchev–Trinajstić information content (AvgIpc) is 2.68. The Balaban J connectivity index is 1.65. The van der Waals surface area contributed by atoms with Crippen LogP contribution in [0.5, 0.6) is 0 Å². The summed E-state index contributed by atoms with van der Waals surface area (Å²) in [7, 11) is 0. The van der Waals surface area contributed by atoms with Crippen LogP contribution in [0.3, 0.4) is 0 Å². The number of nitrogens with one attached hydrogen (secondary N) is 3. The van der Waals surface area contributed by atoms with Gasteiger partial charge in [-0.15, -0.1) is 11.8 Å². The van der Waals surface area contributed by atoms with Gasteiger partial charge in [0.2, 0.25) is 0 Å². The summed E-state index contributed by atoms with van der Waals surface area (Å²) in [5, 5.41) is 6.44. The van der Waals surface area contributed by atoms with Gasteiger partial charge in [-0.3, -0.25) is 25.2 Å². The minimum absolute atomic E-state index is 0.0318. The molecule has 0 aliphatic rings. The number of hydrogen-bond donors (Lipinski definition) is 3. The van der Waals surface area contributed by atoms with Gasteiger partial charge >= 0.3 is 0 Å². The molecule has 3 aromatic rings. The molecule has 0 bridgehead atoms. The number of carbonyl (C=O) groups excluding carboxylic acids is 2. The number of H-pyrrole nitrogens is 1. The van der Waals surface area contributed by atoms with E-state index in [1.54, 1.807) is 31.2 Å². The zero-order valence-electron chi connectivity index (χ0n) is 14.8. The van der Waals surface area contributed by atoms with E-state index in [9.17, 15) is 14.4 Å². The Labute approximate surface area is 159 Å². The van der Waals surface area contributed by atoms with Gasteiger partial charge < -0.3 is 0 Å². The van der Waals surface area contributed by atoms with E-state index in [0.717, 1.165) is 10.5 Å². The van der Waals surface area contributed by atoms with Crippen LogP contribution in [0.4, 0.5) is 0 Å². The molecule has 0 fully saturated rings. The van der Waals surface area contributed by atoms with Gasteiger partial charge in [0.05, 0.1) is 10.6 Å². The topological polar surface area (TPSA) is 104 Å². The van der Waals surface area contributed by atoms with E-state index in [2.05, 4.69) is 21.0 Å². The highest BCUT2D eigenvalue weighted by Gasteiger charge is 2.18. The van der Waals surface area contributed by atoms with Crippen LogP contribution in [-0.4, -0.2) is 27.3 Å². The second-order valence-corrected chi connectivity index (χ2v) is 7.38. The van der Waals surface area contributed by atoms with Crippen molar-refractivity contribution in [1.82, 2.24) is 21.0 Å². The normalized spacial score (nSPS) is 11.8. The molecule has 0 aliphatic carbocycles. The van der Waals surface area contributed by atoms with Crippen LogP contribution in [0.25, 0.3) is 10.8 Å². The highest BCUT2D eigenvalue weighted by atomic mass is 32.2. The number of nitrogens with zero attached hydrogens (tertiary/aromatic N) is 1. The van der Waals surface area contributed by atoms with E-state index >= 15 is 0 Å². The van der Waals surface area contributed by atoms with Gasteiger partial charge in [-0.25, -0.2) is 5.10 Å². The Morgan fingerprint density at radius 2 is 1.70 bits per heavy atom. The fourth-order valence-corrected chi connectivity index (χ4v) is 3.31. The molecule has 2 amide bonds. The van der Waals surface area contributed by atoms with Crippen LogP contribution < -0.4 is 16.4 Å². The van der Waals surface area contributed by atoms with Gasteiger partial charge in [-0.05, 0) is 32.0 Å². The number of hydrogen-bond acceptors (Lipinski definition) is 5. The lowest BCUT2D eigenvalue weighted by Gasteiger charge is -2.13. The predicted octanol–water partition coefficient (Wildman–Crippen LogP) is 2.17. The van der Waals surface area contributed by atoms with Crippen molar-refractivity contribution in [2.75, 3.05) is 0 Å². The maximum atomic E-state index is 12.4. The number of aromatic nitrogens is 2. The first-order valence-electron chi connectivity index (χ1n) is 8.26. The molecular weight excluding hydrogens is 364 g/mol. The monoisotopic (exact) mass is 382 g/mol. The number of aromatic amines is 1. The summed E-state index contributed by atoms with van der Waals surface area (Å²) in [6, 6.07) is 14.5. The van der Waals surface area contributed by atoms with Crippen molar-refractivity contribution in [3.8, 4) is 0 Å². The fourth-order valence-electron chi connectivity index (χ4n) is 2.44. The Morgan fingerprint density at radius 3 is 2.41 bits per heavy atom. The van der Waals surface area contributed by atoms with Crippen molar-refractivity contribution in [2.24, 2.45) is 0 Å². The van der Waals surface area contributed by atoms with Crippen LogP contribution in [0.15, 0.2) is 58.2 Å². The zero-order valence-corrected chi connectivity index (χ0v) is 15.6. The van der Waals surface area contributed by atoms with E-state index in [0.29, 0.717) is 10.8 Å². The van der Waals surface area contributed by atoms with Gasteiger partial charge in [-0.1, -0.05) is 35.9 Å². The Kier molecular flexibility index (Phi) is 5.56. The fraction of sp³-hybridized carbons (Fsp3) is 0.158. The maximum Gasteiger partial charge on any atom is 0.290 e. The van der Waals surface area contributed by atoms with Crippen LogP contribution in [0.2, 0.25) is 0 Å². The van der Waals surface area contributed by atoms with Crippen LogP contribution in [-0.2, 0) is 4.79 Å². The summed E-state index contributed by atoms with van der Waals surface area (Å²) in [6.45, 7) is 3.74. The third-order valence-electron chi connectivity index (χ3n) is 3.91. The lowest BCUT2D eigenvalue weighted by molar-refractivity contribution is -0.121. The molecule has 0 radical (unpaired) electrons. The lowest BCUT2D eigenvalue weighted by Crippen LogP contribution is -2.45. The molecule has 0 saturated carbocycles. The van der Waals surface area contributed by atoms with Crippen molar-refractivity contribution in [1.29, 1.82) is 0 Å². The first-order chi connectivity index (χ1) is 13.0. The zero-order chi connectivity index (χ0) is 19.4. The SMILES string of the molecule is Cc1ccc(SC(C)C(=O)NNC(=O)c2n[nH]c(=O)c3ccccc23)cc1. The Bertz CT molecular complexity index is 1050. The van der Waals surface area contributed by atoms with Gasteiger partial charge in [0, 0.05) is 10.3 Å². The first-order valence-corrected chi connectivity index (χ1v) is 9.14. The van der Waals surface area contributed by atoms with Gasteiger partial charge in [0.1, 0.15) is 0 Å². The summed E-state index contributed by atoms with van der Waals surface area (Å²) in [4.78, 5) is 37.4. The Hall–Kier alpha value is -3.13. The smallest absolute Gasteiger partial charge is 0.272 e. The minimum atomic E-state index is -0.608. The Morgan fingerprint density at radius 1 is 1.04 bits per heavy atom. The third kappa shape index (κ3) is 4.35. The molecule has 1 unspecified atom stereocenters. The van der Waals surface area contributed by atoms with E-state index < -0.39 is 11.2 Å². The van der Waals surface area contributed by atoms with Gasteiger partial charge in [-0.2, -0.15) is 5.10 Å². The lowest BCUT2D eigenvalue weighted by atomic mass is 10.1. The molecule has 0 saturated heterocycles. The standard InChI is InChI=1S/C19H18N4O3S/c1-11-7-9-13(10-8-11)27-12(2)17(24)21-23-19(26)16-14-5-3-4-6-15(14)18(25)22-20-16/h3-10,12H,1-2H3,(H,21,24)(H,22,25)(H,23,26). The van der Waals surface area contributed by atoms with Crippen molar-refractivity contribution in [2.45, 2.75) is 24.0 Å². The van der Waals surface area contributed by atoms with Crippen LogP contribution in [0.1, 0.15) is 23.0 Å². The summed E-state index contributed by atoms with van der Waals surface area (Å²) >= 11 is 1.39. The van der Waals surface area contributed by atoms with Crippen LogP contribution >= 0.6 is 11.8 Å². The molecule has 0 aliphatic heterocycles. The maximum absolute atomic E-state index is 12.4. The van der Waals surface area contributed by atoms with E-state index in [-0.39, 0.29) is 17.2 Å². The molecular formula is C19H18N4O3S. The van der Waals surface area contributed by atoms with E-state index in [1.807, 2.05) is 31.2 Å². The largest absolute Gasteiger partial charge is 0.290 e. The number of fused-ring (bicyclic) bond motifs is 1. The van der Waals surface area contributed by atoms with Crippen LogP contribution in [0, 0.1) is 6.92 Å². The quantitative estimate of drug-likeness (QED) is 0.474. The average molecular weight is 382 g/mol. The molecule has 8 heteroatoms. The summed E-state index contributed by atoms with van der Waals surface area (Å²) in [6.07, 6.45) is 0. The van der Waals surface area contributed by atoms with E-state index in [4.69, 9.17) is 0 Å². The number of thioether (sulfide) groups is 1. The molecule has 1 aromatic heterocycles. The summed E-state index contributed by atoms with van der Waals surface area (Å²) < 4.78 is 0. The van der Waals surface area contributed by atoms with Gasteiger partial charge in [0.15, 0.2) is 5.69 Å². The van der Waals surface area contributed by atoms with Crippen molar-refractivity contribution in [3.05, 3.63) is 70.1 Å². The van der Waals surface area contributed by atoms with Crippen molar-refractivity contribution >= 4 is 34.3 Å². The summed E-state index contributed by atoms with van der Waals surface area (Å²) in [5.41, 5.74) is 5.54. The highest BCUT2D eigenvalue weighted by Crippen LogP contribution is 2.23. The van der Waals surface area contributed by atoms with Crippen molar-refractivity contribution in [3.63, 3.8) is 0 Å². The van der Waals surface area contributed by atoms with Gasteiger partial charge in [0.25, 0.3) is 17.4 Å². The van der Waals surface area contributed by atoms with Crippen molar-refractivity contribution < 1.29 is 9.59 Å². The molecule has 1 heterocycles. The molecule has 7 nitrogen and oxygen atoms in total. The molecule has 3 rings (SSSR count). The number of rotatable bonds is 4. The second kappa shape index (κ2) is 8.05.